The average molecular weight is 468 g/mol. The summed E-state index contributed by atoms with van der Waals surface area (Å²) < 4.78 is 15.6. The number of likely N-dealkylation sites (N-methyl/N-ethyl adjacent to an activating group) is 1. The second kappa shape index (κ2) is 9.84. The minimum absolute atomic E-state index is 0.148. The number of thiazole rings is 1. The van der Waals surface area contributed by atoms with Gasteiger partial charge in [0, 0.05) is 50.0 Å². The monoisotopic (exact) mass is 467 g/mol. The highest BCUT2D eigenvalue weighted by molar-refractivity contribution is 7.13. The lowest BCUT2D eigenvalue weighted by Gasteiger charge is -2.04. The van der Waals surface area contributed by atoms with Crippen LogP contribution in [0.5, 0.6) is 0 Å². The molecule has 1 amide bonds. The molecule has 1 atom stereocenters. The van der Waals surface area contributed by atoms with Crippen LogP contribution in [0.15, 0.2) is 54.2 Å². The van der Waals surface area contributed by atoms with E-state index in [9.17, 15) is 9.18 Å². The van der Waals surface area contributed by atoms with Crippen molar-refractivity contribution >= 4 is 29.0 Å². The van der Waals surface area contributed by atoms with Gasteiger partial charge in [-0.15, -0.1) is 11.3 Å². The number of carbonyl (C=O) groups excluding carboxylic acids is 1. The van der Waals surface area contributed by atoms with Crippen LogP contribution in [0.3, 0.4) is 0 Å². The Morgan fingerprint density at radius 2 is 1.97 bits per heavy atom. The van der Waals surface area contributed by atoms with Gasteiger partial charge in [-0.25, -0.2) is 19.3 Å². The van der Waals surface area contributed by atoms with Gasteiger partial charge in [-0.05, 0) is 24.6 Å². The van der Waals surface area contributed by atoms with Gasteiger partial charge < -0.3 is 15.3 Å². The first-order chi connectivity index (χ1) is 15.9. The number of rotatable bonds is 4. The van der Waals surface area contributed by atoms with E-state index in [1.165, 1.54) is 22.3 Å². The van der Waals surface area contributed by atoms with Gasteiger partial charge in [0.25, 0.3) is 5.91 Å². The molecule has 0 radical (unpaired) electrons. The average Bonchev–Trinajstić information content (AvgIpc) is 3.53. The van der Waals surface area contributed by atoms with Gasteiger partial charge in [0.15, 0.2) is 5.82 Å². The van der Waals surface area contributed by atoms with E-state index in [2.05, 4.69) is 25.4 Å². The third-order valence-electron chi connectivity index (χ3n) is 4.88. The Balaban J connectivity index is 0.000000275. The fraction of sp³-hybridized carbons (Fsp3) is 0.227. The number of likely N-dealkylation sites (tertiary alicyclic amines) is 1. The second-order valence-electron chi connectivity index (χ2n) is 7.35. The smallest absolute Gasteiger partial charge is 0.251 e. The van der Waals surface area contributed by atoms with Crippen LogP contribution in [-0.2, 0) is 11.8 Å². The van der Waals surface area contributed by atoms with Gasteiger partial charge in [-0.1, -0.05) is 12.1 Å². The number of anilines is 2. The normalized spacial score (nSPS) is 15.3. The van der Waals surface area contributed by atoms with E-state index in [4.69, 9.17) is 5.11 Å². The van der Waals surface area contributed by atoms with E-state index in [0.29, 0.717) is 46.7 Å². The molecule has 2 N–H and O–H groups in total. The van der Waals surface area contributed by atoms with Crippen LogP contribution in [0.2, 0.25) is 0 Å². The number of nitrogens with one attached hydrogen (secondary N) is 1. The lowest BCUT2D eigenvalue weighted by molar-refractivity contribution is -0.133. The van der Waals surface area contributed by atoms with Crippen LogP contribution < -0.4 is 5.32 Å². The van der Waals surface area contributed by atoms with Crippen molar-refractivity contribution in [2.75, 3.05) is 18.9 Å². The molecule has 1 aliphatic rings. The minimum atomic E-state index is -0.722. The zero-order valence-electron chi connectivity index (χ0n) is 18.0. The van der Waals surface area contributed by atoms with Gasteiger partial charge in [0.1, 0.15) is 22.6 Å². The van der Waals surface area contributed by atoms with E-state index in [-0.39, 0.29) is 11.7 Å². The maximum absolute atomic E-state index is 13.9. The lowest BCUT2D eigenvalue weighted by atomic mass is 10.1. The van der Waals surface area contributed by atoms with Crippen molar-refractivity contribution in [1.29, 1.82) is 0 Å². The van der Waals surface area contributed by atoms with Crippen molar-refractivity contribution in [3.05, 3.63) is 60.0 Å². The van der Waals surface area contributed by atoms with Gasteiger partial charge in [-0.2, -0.15) is 5.10 Å². The standard InChI is InChI=1S/C17H13FN6S.C5H9NO2/c1-24-9-7-15(23-24)22-17-19-8-6-13(21-17)16-20-14(10-25-16)11-4-2-3-5-12(11)18;1-6-3-2-4(7)5(6)8/h2-10H,1H3,(H,19,21,22,23);4,7H,2-3H2,1H3. The topological polar surface area (TPSA) is 109 Å². The summed E-state index contributed by atoms with van der Waals surface area (Å²) in [6.07, 6.45) is 3.35. The zero-order valence-corrected chi connectivity index (χ0v) is 18.8. The largest absolute Gasteiger partial charge is 0.383 e. The summed E-state index contributed by atoms with van der Waals surface area (Å²) in [7, 11) is 3.53. The van der Waals surface area contributed by atoms with Crippen molar-refractivity contribution in [2.24, 2.45) is 7.05 Å². The molecule has 1 fully saturated rings. The number of nitrogens with zero attached hydrogens (tertiary/aromatic N) is 6. The molecule has 0 saturated carbocycles. The van der Waals surface area contributed by atoms with Crippen molar-refractivity contribution in [1.82, 2.24) is 29.6 Å². The molecule has 4 heterocycles. The second-order valence-corrected chi connectivity index (χ2v) is 8.21. The summed E-state index contributed by atoms with van der Waals surface area (Å²) in [5.41, 5.74) is 1.74. The van der Waals surface area contributed by atoms with Crippen molar-refractivity contribution in [3.8, 4) is 22.0 Å². The molecular weight excluding hydrogens is 445 g/mol. The van der Waals surface area contributed by atoms with E-state index in [1.54, 1.807) is 42.2 Å². The molecule has 0 aliphatic carbocycles. The highest BCUT2D eigenvalue weighted by atomic mass is 32.1. The Bertz CT molecular complexity index is 1250. The van der Waals surface area contributed by atoms with E-state index < -0.39 is 6.10 Å². The number of halogens is 1. The molecule has 5 rings (SSSR count). The number of carbonyl (C=O) groups is 1. The molecule has 1 aromatic carbocycles. The molecule has 4 aromatic rings. The third kappa shape index (κ3) is 5.38. The summed E-state index contributed by atoms with van der Waals surface area (Å²) in [6, 6.07) is 10.2. The SMILES string of the molecule is CN1CCC(O)C1=O.Cn1ccc(Nc2nccc(-c3nc(-c4ccccc4F)cs3)n2)n1. The molecule has 1 aliphatic heterocycles. The number of hydrogen-bond acceptors (Lipinski definition) is 8. The van der Waals surface area contributed by atoms with Crippen LogP contribution >= 0.6 is 11.3 Å². The molecular formula is C22H22FN7O2S. The van der Waals surface area contributed by atoms with Crippen LogP contribution in [0.4, 0.5) is 16.2 Å². The fourth-order valence-corrected chi connectivity index (χ4v) is 3.91. The Labute approximate surface area is 193 Å². The molecule has 9 nitrogen and oxygen atoms in total. The predicted octanol–water partition coefficient (Wildman–Crippen LogP) is 3.09. The molecule has 0 bridgehead atoms. The number of aryl methyl sites for hydroxylation is 1. The number of aromatic nitrogens is 5. The Kier molecular flexibility index (Phi) is 6.71. The first-order valence-corrected chi connectivity index (χ1v) is 11.0. The number of benzene rings is 1. The molecule has 1 saturated heterocycles. The minimum Gasteiger partial charge on any atom is -0.383 e. The quantitative estimate of drug-likeness (QED) is 0.475. The van der Waals surface area contributed by atoms with Gasteiger partial charge in [-0.3, -0.25) is 9.48 Å². The van der Waals surface area contributed by atoms with Crippen molar-refractivity contribution in [3.63, 3.8) is 0 Å². The fourth-order valence-electron chi connectivity index (χ4n) is 3.12. The Hall–Kier alpha value is -3.70. The zero-order chi connectivity index (χ0) is 23.4. The van der Waals surface area contributed by atoms with Crippen molar-refractivity contribution < 1.29 is 14.3 Å². The Morgan fingerprint density at radius 1 is 1.15 bits per heavy atom. The summed E-state index contributed by atoms with van der Waals surface area (Å²) in [4.78, 5) is 25.3. The molecule has 33 heavy (non-hydrogen) atoms. The molecule has 170 valence electrons. The van der Waals surface area contributed by atoms with Crippen LogP contribution in [0, 0.1) is 5.82 Å². The van der Waals surface area contributed by atoms with Gasteiger partial charge in [0.05, 0.1) is 5.69 Å². The first kappa shape index (κ1) is 22.5. The summed E-state index contributed by atoms with van der Waals surface area (Å²) in [5, 5.41) is 18.6. The maximum atomic E-state index is 13.9. The molecule has 1 unspecified atom stereocenters. The maximum Gasteiger partial charge on any atom is 0.251 e. The lowest BCUT2D eigenvalue weighted by Crippen LogP contribution is -2.24. The van der Waals surface area contributed by atoms with E-state index in [0.717, 1.165) is 0 Å². The van der Waals surface area contributed by atoms with E-state index >= 15 is 0 Å². The molecule has 11 heteroatoms. The number of aliphatic hydroxyl groups excluding tert-OH is 1. The van der Waals surface area contributed by atoms with Crippen LogP contribution in [0.25, 0.3) is 22.0 Å². The van der Waals surface area contributed by atoms with Crippen molar-refractivity contribution in [2.45, 2.75) is 12.5 Å². The first-order valence-electron chi connectivity index (χ1n) is 10.1. The highest BCUT2D eigenvalue weighted by Crippen LogP contribution is 2.29. The van der Waals surface area contributed by atoms with Crippen LogP contribution in [0.1, 0.15) is 6.42 Å². The summed E-state index contributed by atoms with van der Waals surface area (Å²) in [6.45, 7) is 0.694. The third-order valence-corrected chi connectivity index (χ3v) is 5.75. The van der Waals surface area contributed by atoms with Crippen LogP contribution in [-0.4, -0.2) is 60.3 Å². The molecule has 0 spiro atoms. The summed E-state index contributed by atoms with van der Waals surface area (Å²) >= 11 is 1.41. The van der Waals surface area contributed by atoms with E-state index in [1.807, 2.05) is 24.7 Å². The van der Waals surface area contributed by atoms with Gasteiger partial charge in [0.2, 0.25) is 5.95 Å². The Morgan fingerprint density at radius 3 is 2.61 bits per heavy atom. The number of aliphatic hydroxyl groups is 1. The molecule has 3 aromatic heterocycles. The number of hydrogen-bond donors (Lipinski definition) is 2. The van der Waals surface area contributed by atoms with Gasteiger partial charge >= 0.3 is 0 Å². The summed E-state index contributed by atoms with van der Waals surface area (Å²) in [5.74, 6) is 0.647. The highest BCUT2D eigenvalue weighted by Gasteiger charge is 2.26. The number of amides is 1. The predicted molar refractivity (Wildman–Crippen MR) is 123 cm³/mol.